The molecule has 0 aromatic heterocycles. The van der Waals surface area contributed by atoms with E-state index in [1.807, 2.05) is 29.5 Å². The van der Waals surface area contributed by atoms with Crippen molar-refractivity contribution < 1.29 is 19.4 Å². The minimum Gasteiger partial charge on any atom is -0.504 e. The molecule has 1 heterocycles. The van der Waals surface area contributed by atoms with E-state index in [0.717, 1.165) is 17.9 Å². The van der Waals surface area contributed by atoms with Crippen molar-refractivity contribution in [2.45, 2.75) is 19.8 Å². The highest BCUT2D eigenvalue weighted by molar-refractivity contribution is 14.1. The van der Waals surface area contributed by atoms with E-state index in [9.17, 15) is 14.7 Å². The lowest BCUT2D eigenvalue weighted by Gasteiger charge is -2.37. The van der Waals surface area contributed by atoms with Crippen molar-refractivity contribution >= 4 is 40.6 Å². The monoisotopic (exact) mass is 466 g/mol. The Bertz CT molecular complexity index is 803. The summed E-state index contributed by atoms with van der Waals surface area (Å²) >= 11 is 2.00. The van der Waals surface area contributed by atoms with Crippen molar-refractivity contribution in [1.82, 2.24) is 5.01 Å². The number of hydrogen-bond acceptors (Lipinski definition) is 5. The lowest BCUT2D eigenvalue weighted by atomic mass is 9.63. The van der Waals surface area contributed by atoms with Gasteiger partial charge in [-0.2, -0.15) is 10.1 Å². The zero-order valence-corrected chi connectivity index (χ0v) is 16.4. The van der Waals surface area contributed by atoms with E-state index in [-0.39, 0.29) is 41.2 Å². The fourth-order valence-electron chi connectivity index (χ4n) is 4.23. The van der Waals surface area contributed by atoms with Gasteiger partial charge < -0.3 is 9.84 Å². The van der Waals surface area contributed by atoms with Gasteiger partial charge in [-0.05, 0) is 71.9 Å². The first-order chi connectivity index (χ1) is 12.5. The summed E-state index contributed by atoms with van der Waals surface area (Å²) in [5, 5.41) is 15.2. The van der Waals surface area contributed by atoms with Gasteiger partial charge in [-0.1, -0.05) is 12.2 Å². The third kappa shape index (κ3) is 2.72. The molecule has 0 spiro atoms. The number of aromatic hydroxyl groups is 1. The molecule has 2 fully saturated rings. The maximum Gasteiger partial charge on any atom is 0.254 e. The molecule has 1 aliphatic heterocycles. The second-order valence-electron chi connectivity index (χ2n) is 6.86. The average Bonchev–Trinajstić information content (AvgIpc) is 2.91. The molecule has 6 nitrogen and oxygen atoms in total. The molecular weight excluding hydrogens is 447 g/mol. The maximum atomic E-state index is 12.7. The number of halogens is 1. The molecule has 0 radical (unpaired) electrons. The van der Waals surface area contributed by atoms with Crippen molar-refractivity contribution in [1.29, 1.82) is 0 Å². The largest absolute Gasteiger partial charge is 0.504 e. The molecule has 0 unspecified atom stereocenters. The van der Waals surface area contributed by atoms with Crippen molar-refractivity contribution in [3.05, 3.63) is 33.4 Å². The molecule has 1 aromatic rings. The number of ether oxygens (including phenoxy) is 1. The van der Waals surface area contributed by atoms with Crippen LogP contribution in [0.4, 0.5) is 0 Å². The molecule has 4 aliphatic rings. The fraction of sp³-hybridized carbons (Fsp3) is 0.421. The predicted octanol–water partition coefficient (Wildman–Crippen LogP) is 2.93. The van der Waals surface area contributed by atoms with Crippen LogP contribution in [-0.2, 0) is 9.59 Å². The normalized spacial score (nSPS) is 29.7. The van der Waals surface area contributed by atoms with Crippen molar-refractivity contribution in [2.24, 2.45) is 28.8 Å². The van der Waals surface area contributed by atoms with Crippen LogP contribution in [0.25, 0.3) is 0 Å². The maximum absolute atomic E-state index is 12.7. The average molecular weight is 466 g/mol. The summed E-state index contributed by atoms with van der Waals surface area (Å²) in [6.45, 7) is 2.26. The molecule has 2 bridgehead atoms. The van der Waals surface area contributed by atoms with Crippen molar-refractivity contribution in [3.8, 4) is 11.5 Å². The molecular formula is C19H19IN2O4. The molecule has 2 amide bonds. The number of hydrogen-bond donors (Lipinski definition) is 1. The highest BCUT2D eigenvalue weighted by Crippen LogP contribution is 2.49. The Hall–Kier alpha value is -1.90. The predicted molar refractivity (Wildman–Crippen MR) is 104 cm³/mol. The van der Waals surface area contributed by atoms with Crippen LogP contribution in [0.2, 0.25) is 0 Å². The summed E-state index contributed by atoms with van der Waals surface area (Å²) in [5.41, 5.74) is 0.659. The van der Waals surface area contributed by atoms with Gasteiger partial charge in [0.15, 0.2) is 11.5 Å². The van der Waals surface area contributed by atoms with Crippen molar-refractivity contribution in [2.75, 3.05) is 6.61 Å². The quantitative estimate of drug-likeness (QED) is 0.321. The zero-order valence-electron chi connectivity index (χ0n) is 14.3. The first kappa shape index (κ1) is 17.5. The summed E-state index contributed by atoms with van der Waals surface area (Å²) in [7, 11) is 0. The van der Waals surface area contributed by atoms with Crippen LogP contribution in [0.1, 0.15) is 25.3 Å². The molecule has 1 saturated carbocycles. The number of phenolic OH excluding ortho intramolecular Hbond substituents is 1. The number of fused-ring (bicyclic) bond motifs is 1. The Morgan fingerprint density at radius 2 is 1.85 bits per heavy atom. The lowest BCUT2D eigenvalue weighted by Crippen LogP contribution is -2.38. The van der Waals surface area contributed by atoms with Crippen LogP contribution < -0.4 is 4.74 Å². The van der Waals surface area contributed by atoms with Gasteiger partial charge in [0.2, 0.25) is 0 Å². The van der Waals surface area contributed by atoms with Crippen molar-refractivity contribution in [3.63, 3.8) is 0 Å². The molecule has 26 heavy (non-hydrogen) atoms. The fourth-order valence-corrected chi connectivity index (χ4v) is 4.86. The van der Waals surface area contributed by atoms with E-state index >= 15 is 0 Å². The number of imide groups is 1. The van der Waals surface area contributed by atoms with Gasteiger partial charge >= 0.3 is 0 Å². The SMILES string of the molecule is CCOc1cc(/C=N/N2C(=O)[C@@H]3[C@H](C2=O)[C@H]2C=C[C@@H]3CC2)cc(I)c1O. The smallest absolute Gasteiger partial charge is 0.254 e. The standard InChI is InChI=1S/C19H19IN2O4/c1-2-26-14-8-10(7-13(20)17(14)23)9-21-22-18(24)15-11-3-4-12(6-5-11)16(15)19(22)25/h3-4,7-9,11-12,15-16,23H,2,5-6H2,1H3/b21-9+/t11-,12+,15+,16-. The summed E-state index contributed by atoms with van der Waals surface area (Å²) in [6.07, 6.45) is 7.58. The first-order valence-corrected chi connectivity index (χ1v) is 9.84. The summed E-state index contributed by atoms with van der Waals surface area (Å²) in [5.74, 6) is -0.184. The highest BCUT2D eigenvalue weighted by Gasteiger charge is 2.56. The van der Waals surface area contributed by atoms with Crippen LogP contribution in [0, 0.1) is 27.2 Å². The second kappa shape index (κ2) is 6.68. The zero-order chi connectivity index (χ0) is 18.4. The van der Waals surface area contributed by atoms with Crippen LogP contribution in [0.15, 0.2) is 29.4 Å². The summed E-state index contributed by atoms with van der Waals surface area (Å²) in [4.78, 5) is 25.5. The number of carbonyl (C=O) groups excluding carboxylic acids is 2. The van der Waals surface area contributed by atoms with Crippen LogP contribution in [-0.4, -0.2) is 34.8 Å². The Morgan fingerprint density at radius 3 is 2.38 bits per heavy atom. The Morgan fingerprint density at radius 1 is 1.23 bits per heavy atom. The number of rotatable bonds is 4. The van der Waals surface area contributed by atoms with Gasteiger partial charge in [0.05, 0.1) is 28.2 Å². The van der Waals surface area contributed by atoms with E-state index in [1.165, 1.54) is 6.21 Å². The Balaban J connectivity index is 1.60. The van der Waals surface area contributed by atoms with Gasteiger partial charge in [0, 0.05) is 0 Å². The molecule has 136 valence electrons. The van der Waals surface area contributed by atoms with E-state index in [1.54, 1.807) is 12.1 Å². The van der Waals surface area contributed by atoms with E-state index < -0.39 is 0 Å². The first-order valence-electron chi connectivity index (χ1n) is 8.76. The van der Waals surface area contributed by atoms with E-state index in [0.29, 0.717) is 21.5 Å². The second-order valence-corrected chi connectivity index (χ2v) is 8.02. The number of phenols is 1. The third-order valence-electron chi connectivity index (χ3n) is 5.41. The number of hydrazone groups is 1. The Kier molecular flexibility index (Phi) is 4.50. The van der Waals surface area contributed by atoms with Gasteiger partial charge in [0.25, 0.3) is 11.8 Å². The number of benzene rings is 1. The minimum absolute atomic E-state index is 0.0756. The lowest BCUT2D eigenvalue weighted by molar-refractivity contribution is -0.140. The molecule has 4 atom stereocenters. The minimum atomic E-state index is -0.262. The number of carbonyl (C=O) groups is 2. The van der Waals surface area contributed by atoms with Crippen LogP contribution in [0.3, 0.4) is 0 Å². The van der Waals surface area contributed by atoms with Gasteiger partial charge in [-0.25, -0.2) is 0 Å². The number of amides is 2. The number of nitrogens with zero attached hydrogens (tertiary/aromatic N) is 2. The van der Waals surface area contributed by atoms with Crippen LogP contribution in [0.5, 0.6) is 11.5 Å². The van der Waals surface area contributed by atoms with Gasteiger partial charge in [-0.3, -0.25) is 9.59 Å². The summed E-state index contributed by atoms with van der Waals surface area (Å²) < 4.78 is 6.03. The summed E-state index contributed by atoms with van der Waals surface area (Å²) in [6, 6.07) is 3.37. The highest BCUT2D eigenvalue weighted by atomic mass is 127. The Labute approximate surface area is 165 Å². The molecule has 5 rings (SSSR count). The topological polar surface area (TPSA) is 79.2 Å². The molecule has 1 saturated heterocycles. The van der Waals surface area contributed by atoms with Crippen LogP contribution >= 0.6 is 22.6 Å². The van der Waals surface area contributed by atoms with E-state index in [4.69, 9.17) is 4.74 Å². The molecule has 1 N–H and O–H groups in total. The third-order valence-corrected chi connectivity index (χ3v) is 6.23. The van der Waals surface area contributed by atoms with Gasteiger partial charge in [0.1, 0.15) is 0 Å². The van der Waals surface area contributed by atoms with Gasteiger partial charge in [-0.15, -0.1) is 0 Å². The number of allylic oxidation sites excluding steroid dienone is 2. The molecule has 1 aromatic carbocycles. The van der Waals surface area contributed by atoms with E-state index in [2.05, 4.69) is 17.3 Å². The molecule has 7 heteroatoms. The molecule has 3 aliphatic carbocycles.